The summed E-state index contributed by atoms with van der Waals surface area (Å²) < 4.78 is 1.90. The second-order valence-electron chi connectivity index (χ2n) is 10.2. The minimum atomic E-state index is -1.02. The Labute approximate surface area is 260 Å². The van der Waals surface area contributed by atoms with Gasteiger partial charge in [-0.05, 0) is 48.4 Å². The van der Waals surface area contributed by atoms with Gasteiger partial charge in [-0.25, -0.2) is 4.98 Å². The average Bonchev–Trinajstić information content (AvgIpc) is 3.70. The van der Waals surface area contributed by atoms with Crippen LogP contribution in [0.1, 0.15) is 36.6 Å². The molecule has 1 aromatic carbocycles. The van der Waals surface area contributed by atoms with Crippen LogP contribution < -0.4 is 0 Å². The summed E-state index contributed by atoms with van der Waals surface area (Å²) in [6, 6.07) is 9.41. The molecule has 3 atom stereocenters. The lowest BCUT2D eigenvalue weighted by Crippen LogP contribution is -2.63. The van der Waals surface area contributed by atoms with E-state index in [9.17, 15) is 19.2 Å². The molecule has 1 fully saturated rings. The SMILES string of the molecule is CCC(C=O)N(CCCn1ccnc1)C(=O)CC1C(=O)N(C(Cl)Cc2ccc(Cl)cc2)CC(=O)N1CCc1cccs1. The van der Waals surface area contributed by atoms with Gasteiger partial charge in [0.15, 0.2) is 0 Å². The number of thiophene rings is 1. The third kappa shape index (κ3) is 8.20. The first kappa shape index (κ1) is 31.7. The molecule has 12 heteroatoms. The van der Waals surface area contributed by atoms with Crippen molar-refractivity contribution in [1.29, 1.82) is 0 Å². The molecule has 3 amide bonds. The first-order valence-corrected chi connectivity index (χ1v) is 15.7. The molecule has 0 radical (unpaired) electrons. The highest BCUT2D eigenvalue weighted by molar-refractivity contribution is 7.09. The van der Waals surface area contributed by atoms with Gasteiger partial charge >= 0.3 is 0 Å². The number of rotatable bonds is 15. The number of piperazine rings is 1. The molecule has 1 aliphatic rings. The van der Waals surface area contributed by atoms with Crippen molar-refractivity contribution in [3.8, 4) is 0 Å². The van der Waals surface area contributed by atoms with Gasteiger partial charge in [0, 0.05) is 48.3 Å². The van der Waals surface area contributed by atoms with Crippen molar-refractivity contribution in [2.24, 2.45) is 0 Å². The number of benzene rings is 1. The highest BCUT2D eigenvalue weighted by Gasteiger charge is 2.43. The molecule has 224 valence electrons. The fourth-order valence-corrected chi connectivity index (χ4v) is 6.30. The zero-order chi connectivity index (χ0) is 30.1. The Hall–Kier alpha value is -3.21. The molecule has 0 saturated carbocycles. The molecule has 0 spiro atoms. The standard InChI is InChI=1S/C30H35Cl2N5O4S/c1-2-24(20-38)35(13-4-12-34-15-11-33-21-34)28(39)18-26-30(41)37(27(32)17-22-6-8-23(31)9-7-22)19-29(40)36(26)14-10-25-5-3-16-42-25/h3,5-9,11,15-16,20-21,24,26-27H,2,4,10,12-14,17-19H2,1H3. The van der Waals surface area contributed by atoms with Gasteiger partial charge in [0.2, 0.25) is 17.7 Å². The maximum atomic E-state index is 13.9. The minimum absolute atomic E-state index is 0.170. The van der Waals surface area contributed by atoms with E-state index in [2.05, 4.69) is 4.98 Å². The summed E-state index contributed by atoms with van der Waals surface area (Å²) in [5.41, 5.74) is 0.0811. The van der Waals surface area contributed by atoms with Gasteiger partial charge < -0.3 is 24.1 Å². The summed E-state index contributed by atoms with van der Waals surface area (Å²) in [6.45, 7) is 2.92. The van der Waals surface area contributed by atoms with Crippen LogP contribution in [0.4, 0.5) is 0 Å². The first-order chi connectivity index (χ1) is 20.3. The number of alkyl halides is 1. The number of carbonyl (C=O) groups excluding carboxylic acids is 4. The Morgan fingerprint density at radius 1 is 1.21 bits per heavy atom. The average molecular weight is 633 g/mol. The lowest BCUT2D eigenvalue weighted by Gasteiger charge is -2.42. The van der Waals surface area contributed by atoms with E-state index in [4.69, 9.17) is 23.2 Å². The van der Waals surface area contributed by atoms with Crippen LogP contribution in [-0.2, 0) is 38.6 Å². The largest absolute Gasteiger partial charge is 0.337 e. The van der Waals surface area contributed by atoms with Gasteiger partial charge in [-0.15, -0.1) is 11.3 Å². The number of aromatic nitrogens is 2. The lowest BCUT2D eigenvalue weighted by molar-refractivity contribution is -0.159. The summed E-state index contributed by atoms with van der Waals surface area (Å²) in [6.07, 6.45) is 7.68. The van der Waals surface area contributed by atoms with E-state index >= 15 is 0 Å². The molecule has 1 aliphatic heterocycles. The van der Waals surface area contributed by atoms with E-state index in [1.54, 1.807) is 36.0 Å². The second-order valence-corrected chi connectivity index (χ2v) is 12.2. The zero-order valence-electron chi connectivity index (χ0n) is 23.5. The molecule has 2 aromatic heterocycles. The van der Waals surface area contributed by atoms with E-state index in [1.165, 1.54) is 14.7 Å². The van der Waals surface area contributed by atoms with Gasteiger partial charge in [-0.3, -0.25) is 14.4 Å². The molecule has 3 aromatic rings. The van der Waals surface area contributed by atoms with Crippen molar-refractivity contribution < 1.29 is 19.2 Å². The van der Waals surface area contributed by atoms with Crippen molar-refractivity contribution in [2.45, 2.75) is 63.2 Å². The molecule has 3 unspecified atom stereocenters. The normalized spacial score (nSPS) is 16.9. The van der Waals surface area contributed by atoms with Crippen LogP contribution in [-0.4, -0.2) is 85.5 Å². The van der Waals surface area contributed by atoms with Crippen LogP contribution in [0.25, 0.3) is 0 Å². The molecule has 0 N–H and O–H groups in total. The number of aryl methyl sites for hydroxylation is 1. The Morgan fingerprint density at radius 3 is 2.64 bits per heavy atom. The highest BCUT2D eigenvalue weighted by Crippen LogP contribution is 2.25. The number of amides is 3. The molecule has 42 heavy (non-hydrogen) atoms. The topological polar surface area (TPSA) is 95.8 Å². The quantitative estimate of drug-likeness (QED) is 0.142. The maximum Gasteiger partial charge on any atom is 0.247 e. The minimum Gasteiger partial charge on any atom is -0.337 e. The molecular formula is C30H35Cl2N5O4S. The predicted octanol–water partition coefficient (Wildman–Crippen LogP) is 4.27. The van der Waals surface area contributed by atoms with Crippen molar-refractivity contribution in [2.75, 3.05) is 19.6 Å². The van der Waals surface area contributed by atoms with Crippen LogP contribution in [0.2, 0.25) is 5.02 Å². The number of hydrogen-bond acceptors (Lipinski definition) is 6. The van der Waals surface area contributed by atoms with Gasteiger partial charge in [-0.2, -0.15) is 0 Å². The van der Waals surface area contributed by atoms with Crippen molar-refractivity contribution >= 4 is 58.5 Å². The fourth-order valence-electron chi connectivity index (χ4n) is 5.13. The lowest BCUT2D eigenvalue weighted by atomic mass is 10.0. The van der Waals surface area contributed by atoms with E-state index in [0.717, 1.165) is 16.7 Å². The van der Waals surface area contributed by atoms with Gasteiger partial charge in [0.1, 0.15) is 24.4 Å². The summed E-state index contributed by atoms with van der Waals surface area (Å²) in [5, 5.41) is 2.55. The number of halogens is 2. The van der Waals surface area contributed by atoms with Crippen LogP contribution >= 0.6 is 34.5 Å². The van der Waals surface area contributed by atoms with Crippen molar-refractivity contribution in [1.82, 2.24) is 24.3 Å². The van der Waals surface area contributed by atoms with Crippen LogP contribution in [0.3, 0.4) is 0 Å². The van der Waals surface area contributed by atoms with Crippen molar-refractivity contribution in [3.63, 3.8) is 0 Å². The monoisotopic (exact) mass is 631 g/mol. The molecular weight excluding hydrogens is 597 g/mol. The molecule has 3 heterocycles. The third-order valence-corrected chi connectivity index (χ3v) is 9.02. The van der Waals surface area contributed by atoms with Crippen LogP contribution in [0, 0.1) is 0 Å². The van der Waals surface area contributed by atoms with Crippen LogP contribution in [0.15, 0.2) is 60.5 Å². The molecule has 1 saturated heterocycles. The Kier molecular flexibility index (Phi) is 11.6. The smallest absolute Gasteiger partial charge is 0.247 e. The third-order valence-electron chi connectivity index (χ3n) is 7.44. The number of nitrogens with zero attached hydrogens (tertiary/aromatic N) is 5. The van der Waals surface area contributed by atoms with E-state index in [0.29, 0.717) is 50.3 Å². The maximum absolute atomic E-state index is 13.9. The van der Waals surface area contributed by atoms with E-state index in [-0.39, 0.29) is 30.7 Å². The number of imidazole rings is 1. The molecule has 0 aliphatic carbocycles. The molecule has 9 nitrogen and oxygen atoms in total. The zero-order valence-corrected chi connectivity index (χ0v) is 25.8. The summed E-state index contributed by atoms with van der Waals surface area (Å²) in [4.78, 5) is 62.7. The summed E-state index contributed by atoms with van der Waals surface area (Å²) in [7, 11) is 0. The Balaban J connectivity index is 1.53. The van der Waals surface area contributed by atoms with Gasteiger partial charge in [0.05, 0.1) is 18.8 Å². The predicted molar refractivity (Wildman–Crippen MR) is 163 cm³/mol. The molecule has 0 bridgehead atoms. The van der Waals surface area contributed by atoms with Gasteiger partial charge in [0.25, 0.3) is 0 Å². The summed E-state index contributed by atoms with van der Waals surface area (Å²) in [5.74, 6) is -0.988. The second kappa shape index (κ2) is 15.3. The molecule has 4 rings (SSSR count). The fraction of sp³-hybridized carbons (Fsp3) is 0.433. The summed E-state index contributed by atoms with van der Waals surface area (Å²) >= 11 is 14.3. The number of aldehydes is 1. The highest BCUT2D eigenvalue weighted by atomic mass is 35.5. The number of carbonyl (C=O) groups is 4. The van der Waals surface area contributed by atoms with Crippen LogP contribution in [0.5, 0.6) is 0 Å². The van der Waals surface area contributed by atoms with Crippen molar-refractivity contribution in [3.05, 3.63) is 76.0 Å². The first-order valence-electron chi connectivity index (χ1n) is 14.0. The Morgan fingerprint density at radius 2 is 2.00 bits per heavy atom. The van der Waals surface area contributed by atoms with E-state index < -0.39 is 17.6 Å². The number of hydrogen-bond donors (Lipinski definition) is 0. The Bertz CT molecular complexity index is 1320. The van der Waals surface area contributed by atoms with E-state index in [1.807, 2.05) is 47.3 Å². The van der Waals surface area contributed by atoms with Gasteiger partial charge in [-0.1, -0.05) is 48.3 Å².